The summed E-state index contributed by atoms with van der Waals surface area (Å²) in [6.07, 6.45) is 1.14. The van der Waals surface area contributed by atoms with Gasteiger partial charge in [-0.1, -0.05) is 17.7 Å². The van der Waals surface area contributed by atoms with E-state index in [2.05, 4.69) is 33.4 Å². The van der Waals surface area contributed by atoms with Crippen molar-refractivity contribution in [3.63, 3.8) is 0 Å². The van der Waals surface area contributed by atoms with E-state index in [1.165, 1.54) is 4.88 Å². The van der Waals surface area contributed by atoms with Gasteiger partial charge in [0.25, 0.3) is 0 Å². The van der Waals surface area contributed by atoms with Crippen LogP contribution in [-0.4, -0.2) is 37.6 Å². The zero-order valence-corrected chi connectivity index (χ0v) is 13.9. The van der Waals surface area contributed by atoms with Gasteiger partial charge >= 0.3 is 0 Å². The van der Waals surface area contributed by atoms with Crippen molar-refractivity contribution in [2.45, 2.75) is 6.42 Å². The van der Waals surface area contributed by atoms with E-state index in [4.69, 9.17) is 16.9 Å². The van der Waals surface area contributed by atoms with Crippen LogP contribution in [-0.2, 0) is 6.42 Å². The molecule has 1 aliphatic rings. The molecule has 1 aromatic carbocycles. The summed E-state index contributed by atoms with van der Waals surface area (Å²) >= 11 is 7.96. The topological polar surface area (TPSA) is 30.3 Å². The smallest absolute Gasteiger partial charge is 0.101 e. The Morgan fingerprint density at radius 3 is 2.64 bits per heavy atom. The highest BCUT2D eigenvalue weighted by molar-refractivity contribution is 7.09. The lowest BCUT2D eigenvalue weighted by atomic mass is 10.2. The van der Waals surface area contributed by atoms with Crippen molar-refractivity contribution in [2.75, 3.05) is 37.6 Å². The van der Waals surface area contributed by atoms with E-state index >= 15 is 0 Å². The molecule has 0 aliphatic carbocycles. The van der Waals surface area contributed by atoms with Crippen LogP contribution in [0.2, 0.25) is 5.02 Å². The van der Waals surface area contributed by atoms with Gasteiger partial charge in [-0.3, -0.25) is 4.90 Å². The second-order valence-corrected chi connectivity index (χ2v) is 6.87. The molecule has 114 valence electrons. The van der Waals surface area contributed by atoms with Gasteiger partial charge in [0.15, 0.2) is 0 Å². The molecule has 0 amide bonds. The van der Waals surface area contributed by atoms with Gasteiger partial charge in [0.05, 0.1) is 10.6 Å². The maximum Gasteiger partial charge on any atom is 0.101 e. The monoisotopic (exact) mass is 331 g/mol. The maximum atomic E-state index is 8.94. The number of nitriles is 1. The molecule has 0 spiro atoms. The Morgan fingerprint density at radius 1 is 1.18 bits per heavy atom. The summed E-state index contributed by atoms with van der Waals surface area (Å²) in [7, 11) is 0. The number of nitrogens with zero attached hydrogens (tertiary/aromatic N) is 3. The van der Waals surface area contributed by atoms with Crippen molar-refractivity contribution >= 4 is 28.6 Å². The normalized spacial score (nSPS) is 15.7. The molecule has 1 aliphatic heterocycles. The highest BCUT2D eigenvalue weighted by atomic mass is 35.5. The molecule has 22 heavy (non-hydrogen) atoms. The lowest BCUT2D eigenvalue weighted by molar-refractivity contribution is 0.261. The average Bonchev–Trinajstić information content (AvgIpc) is 3.07. The zero-order chi connectivity index (χ0) is 15.4. The number of hydrogen-bond donors (Lipinski definition) is 0. The molecule has 0 unspecified atom stereocenters. The van der Waals surface area contributed by atoms with Gasteiger partial charge in [-0.2, -0.15) is 5.26 Å². The van der Waals surface area contributed by atoms with Gasteiger partial charge in [-0.05, 0) is 36.1 Å². The molecular formula is C17H18ClN3S. The van der Waals surface area contributed by atoms with Crippen molar-refractivity contribution in [1.82, 2.24) is 4.90 Å². The Balaban J connectivity index is 1.53. The molecule has 0 N–H and O–H groups in total. The molecule has 1 aromatic heterocycles. The molecule has 2 aromatic rings. The van der Waals surface area contributed by atoms with E-state index in [9.17, 15) is 0 Å². The van der Waals surface area contributed by atoms with Gasteiger partial charge < -0.3 is 4.90 Å². The van der Waals surface area contributed by atoms with E-state index in [0.717, 1.165) is 44.8 Å². The van der Waals surface area contributed by atoms with Crippen LogP contribution in [0, 0.1) is 11.3 Å². The Bertz CT molecular complexity index is 655. The van der Waals surface area contributed by atoms with Crippen LogP contribution in [0.1, 0.15) is 10.4 Å². The summed E-state index contributed by atoms with van der Waals surface area (Å²) in [4.78, 5) is 6.32. The maximum absolute atomic E-state index is 8.94. The second-order valence-electron chi connectivity index (χ2n) is 5.43. The minimum absolute atomic E-state index is 0.542. The number of piperazine rings is 1. The van der Waals surface area contributed by atoms with Crippen molar-refractivity contribution in [3.8, 4) is 6.07 Å². The fourth-order valence-corrected chi connectivity index (χ4v) is 3.66. The Kier molecular flexibility index (Phi) is 4.99. The predicted molar refractivity (Wildman–Crippen MR) is 92.8 cm³/mol. The Hall–Kier alpha value is -1.54. The quantitative estimate of drug-likeness (QED) is 0.857. The molecule has 0 atom stereocenters. The summed E-state index contributed by atoms with van der Waals surface area (Å²) in [5.41, 5.74) is 1.65. The van der Waals surface area contributed by atoms with Gasteiger partial charge in [0.2, 0.25) is 0 Å². The average molecular weight is 332 g/mol. The molecule has 1 saturated heterocycles. The first-order valence-electron chi connectivity index (χ1n) is 7.45. The van der Waals surface area contributed by atoms with Crippen LogP contribution < -0.4 is 4.90 Å². The SMILES string of the molecule is N#Cc1ccc(N2CCN(CCc3cccs3)CC2)cc1Cl. The first-order chi connectivity index (χ1) is 10.8. The standard InChI is InChI=1S/C17H18ClN3S/c18-17-12-15(4-3-14(17)13-19)21-9-7-20(8-10-21)6-5-16-2-1-11-22-16/h1-4,11-12H,5-10H2. The predicted octanol–water partition coefficient (Wildman–Crippen LogP) is 3.64. The van der Waals surface area contributed by atoms with Gasteiger partial charge in [-0.15, -0.1) is 11.3 Å². The summed E-state index contributed by atoms with van der Waals surface area (Å²) in [6.45, 7) is 5.29. The largest absolute Gasteiger partial charge is 0.369 e. The number of halogens is 1. The molecule has 0 saturated carbocycles. The zero-order valence-electron chi connectivity index (χ0n) is 12.3. The van der Waals surface area contributed by atoms with Crippen LogP contribution in [0.4, 0.5) is 5.69 Å². The Morgan fingerprint density at radius 2 is 2.00 bits per heavy atom. The van der Waals surface area contributed by atoms with E-state index in [0.29, 0.717) is 10.6 Å². The van der Waals surface area contributed by atoms with Crippen molar-refractivity contribution in [3.05, 3.63) is 51.2 Å². The van der Waals surface area contributed by atoms with E-state index < -0.39 is 0 Å². The van der Waals surface area contributed by atoms with Crippen molar-refractivity contribution < 1.29 is 0 Å². The first kappa shape index (κ1) is 15.4. The number of thiophene rings is 1. The summed E-state index contributed by atoms with van der Waals surface area (Å²) in [5, 5.41) is 11.6. The third kappa shape index (κ3) is 3.61. The third-order valence-corrected chi connectivity index (χ3v) is 5.31. The van der Waals surface area contributed by atoms with Crippen molar-refractivity contribution in [1.29, 1.82) is 5.26 Å². The van der Waals surface area contributed by atoms with Crippen LogP contribution in [0.15, 0.2) is 35.7 Å². The van der Waals surface area contributed by atoms with Gasteiger partial charge in [-0.25, -0.2) is 0 Å². The highest BCUT2D eigenvalue weighted by Crippen LogP contribution is 2.24. The van der Waals surface area contributed by atoms with Crippen molar-refractivity contribution in [2.24, 2.45) is 0 Å². The fraction of sp³-hybridized carbons (Fsp3) is 0.353. The number of anilines is 1. The minimum atomic E-state index is 0.542. The molecule has 3 nitrogen and oxygen atoms in total. The number of hydrogen-bond acceptors (Lipinski definition) is 4. The number of benzene rings is 1. The Labute approximate surface area is 140 Å². The molecule has 0 radical (unpaired) electrons. The summed E-state index contributed by atoms with van der Waals surface area (Å²) < 4.78 is 0. The molecule has 3 rings (SSSR count). The van der Waals surface area contributed by atoms with Gasteiger partial charge in [0.1, 0.15) is 6.07 Å². The summed E-state index contributed by atoms with van der Waals surface area (Å²) in [5.74, 6) is 0. The lowest BCUT2D eigenvalue weighted by Gasteiger charge is -2.36. The lowest BCUT2D eigenvalue weighted by Crippen LogP contribution is -2.46. The fourth-order valence-electron chi connectivity index (χ4n) is 2.74. The first-order valence-corrected chi connectivity index (χ1v) is 8.71. The van der Waals surface area contributed by atoms with E-state index in [1.54, 1.807) is 6.07 Å². The van der Waals surface area contributed by atoms with Crippen LogP contribution >= 0.6 is 22.9 Å². The minimum Gasteiger partial charge on any atom is -0.369 e. The number of rotatable bonds is 4. The van der Waals surface area contributed by atoms with E-state index in [-0.39, 0.29) is 0 Å². The molecule has 2 heterocycles. The molecule has 0 bridgehead atoms. The van der Waals surface area contributed by atoms with Crippen LogP contribution in [0.3, 0.4) is 0 Å². The molecular weight excluding hydrogens is 314 g/mol. The molecule has 5 heteroatoms. The second kappa shape index (κ2) is 7.15. The van der Waals surface area contributed by atoms with Crippen LogP contribution in [0.25, 0.3) is 0 Å². The molecule has 1 fully saturated rings. The van der Waals surface area contributed by atoms with E-state index in [1.807, 2.05) is 23.5 Å². The third-order valence-electron chi connectivity index (χ3n) is 4.07. The summed E-state index contributed by atoms with van der Waals surface area (Å²) in [6, 6.07) is 12.1. The highest BCUT2D eigenvalue weighted by Gasteiger charge is 2.17. The van der Waals surface area contributed by atoms with Gasteiger partial charge in [0, 0.05) is 43.3 Å². The van der Waals surface area contributed by atoms with Crippen LogP contribution in [0.5, 0.6) is 0 Å².